The van der Waals surface area contributed by atoms with Gasteiger partial charge in [-0.1, -0.05) is 12.1 Å². The number of sulfonamides is 1. The molecule has 1 fully saturated rings. The normalized spacial score (nSPS) is 15.4. The van der Waals surface area contributed by atoms with Crippen molar-refractivity contribution in [2.75, 3.05) is 69.3 Å². The number of anilines is 2. The van der Waals surface area contributed by atoms with Gasteiger partial charge in [0.1, 0.15) is 5.82 Å². The van der Waals surface area contributed by atoms with E-state index in [1.54, 1.807) is 24.3 Å². The summed E-state index contributed by atoms with van der Waals surface area (Å²) in [5.41, 5.74) is 0.962. The third-order valence-corrected chi connectivity index (χ3v) is 7.28. The molecule has 1 aliphatic heterocycles. The molecule has 0 aliphatic carbocycles. The molecule has 4 rings (SSSR count). The van der Waals surface area contributed by atoms with Gasteiger partial charge in [0, 0.05) is 52.0 Å². The van der Waals surface area contributed by atoms with Crippen molar-refractivity contribution < 1.29 is 22.3 Å². The van der Waals surface area contributed by atoms with E-state index < -0.39 is 22.3 Å². The molecule has 1 aromatic carbocycles. The average molecular weight is 538 g/mol. The fourth-order valence-electron chi connectivity index (χ4n) is 4.17. The Balaban J connectivity index is 1.64. The van der Waals surface area contributed by atoms with Crippen molar-refractivity contribution in [1.82, 2.24) is 28.7 Å². The summed E-state index contributed by atoms with van der Waals surface area (Å²) >= 11 is 0. The predicted octanol–water partition coefficient (Wildman–Crippen LogP) is 1.14. The summed E-state index contributed by atoms with van der Waals surface area (Å²) in [5.74, 6) is -0.102. The van der Waals surface area contributed by atoms with Crippen molar-refractivity contribution in [3.05, 3.63) is 35.7 Å². The minimum atomic E-state index is -3.22. The van der Waals surface area contributed by atoms with Gasteiger partial charge in [-0.25, -0.2) is 22.2 Å². The largest absolute Gasteiger partial charge is 0.395 e. The highest BCUT2D eigenvalue weighted by Gasteiger charge is 2.26. The number of fused-ring (bicyclic) bond motifs is 1. The molecule has 0 spiro atoms. The molecule has 4 N–H and O–H groups in total. The van der Waals surface area contributed by atoms with Crippen LogP contribution in [0, 0.1) is 5.41 Å². The lowest BCUT2D eigenvalue weighted by molar-refractivity contribution is 0.139. The van der Waals surface area contributed by atoms with E-state index in [1.165, 1.54) is 15.1 Å². The molecule has 1 aliphatic rings. The quantitative estimate of drug-likeness (QED) is 0.264. The summed E-state index contributed by atoms with van der Waals surface area (Å²) in [6.07, 6.45) is -0.694. The van der Waals surface area contributed by atoms with Crippen molar-refractivity contribution in [3.63, 3.8) is 0 Å². The van der Waals surface area contributed by atoms with E-state index in [9.17, 15) is 22.3 Å². The predicted molar refractivity (Wildman–Crippen MR) is 136 cm³/mol. The van der Waals surface area contributed by atoms with Crippen LogP contribution in [0.25, 0.3) is 16.9 Å². The van der Waals surface area contributed by atoms with Crippen molar-refractivity contribution in [3.8, 4) is 5.82 Å². The summed E-state index contributed by atoms with van der Waals surface area (Å²) in [6, 6.07) is 6.67. The number of aliphatic hydroxyl groups excluding tert-OH is 1. The first kappa shape index (κ1) is 26.8. The summed E-state index contributed by atoms with van der Waals surface area (Å²) in [5, 5.41) is 23.3. The molecule has 0 unspecified atom stereocenters. The van der Waals surface area contributed by atoms with Crippen LogP contribution < -0.4 is 10.6 Å². The van der Waals surface area contributed by atoms with Crippen LogP contribution >= 0.6 is 0 Å². The fraction of sp³-hybridized carbons (Fsp3) is 0.455. The third kappa shape index (κ3) is 6.01. The number of aliphatic hydroxyl groups is 1. The van der Waals surface area contributed by atoms with Gasteiger partial charge in [-0.2, -0.15) is 14.3 Å². The number of benzene rings is 1. The lowest BCUT2D eigenvalue weighted by atomic mass is 10.2. The maximum atomic E-state index is 14.0. The van der Waals surface area contributed by atoms with Crippen LogP contribution in [0.3, 0.4) is 0 Å². The van der Waals surface area contributed by atoms with Crippen molar-refractivity contribution in [2.45, 2.75) is 6.43 Å². The van der Waals surface area contributed by atoms with Gasteiger partial charge in [0.2, 0.25) is 16.0 Å². The lowest BCUT2D eigenvalue weighted by Gasteiger charge is -2.33. The number of alkyl halides is 2. The molecule has 0 amide bonds. The van der Waals surface area contributed by atoms with E-state index in [0.29, 0.717) is 50.3 Å². The highest BCUT2D eigenvalue weighted by atomic mass is 32.2. The summed E-state index contributed by atoms with van der Waals surface area (Å²) in [7, 11) is -3.22. The van der Waals surface area contributed by atoms with Crippen LogP contribution in [-0.4, -0.2) is 107 Å². The lowest BCUT2D eigenvalue weighted by Crippen LogP contribution is -2.49. The molecule has 0 saturated carbocycles. The zero-order valence-electron chi connectivity index (χ0n) is 20.2. The van der Waals surface area contributed by atoms with Gasteiger partial charge in [0.25, 0.3) is 6.43 Å². The molecule has 37 heavy (non-hydrogen) atoms. The molecular weight excluding hydrogens is 508 g/mol. The van der Waals surface area contributed by atoms with Gasteiger partial charge in [-0.3, -0.25) is 9.47 Å². The van der Waals surface area contributed by atoms with Crippen LogP contribution in [0.15, 0.2) is 24.3 Å². The zero-order valence-corrected chi connectivity index (χ0v) is 21.0. The van der Waals surface area contributed by atoms with E-state index in [0.717, 1.165) is 6.21 Å². The first-order valence-electron chi connectivity index (χ1n) is 11.7. The SMILES string of the molecule is CS(=O)(=O)N1CCN(CCNc2nc(NCCO)nc(-n3c(C(F)F)nc4ccccc43)c2C=N)CC1. The molecule has 0 bridgehead atoms. The first-order chi connectivity index (χ1) is 17.7. The number of aromatic nitrogens is 4. The Bertz CT molecular complexity index is 1360. The van der Waals surface area contributed by atoms with Gasteiger partial charge >= 0.3 is 0 Å². The van der Waals surface area contributed by atoms with Gasteiger partial charge in [-0.05, 0) is 12.1 Å². The average Bonchev–Trinajstić information content (AvgIpc) is 3.27. The van der Waals surface area contributed by atoms with E-state index >= 15 is 0 Å². The van der Waals surface area contributed by atoms with Crippen LogP contribution in [0.5, 0.6) is 0 Å². The molecule has 2 aromatic heterocycles. The molecule has 15 heteroatoms. The van der Waals surface area contributed by atoms with Crippen LogP contribution in [-0.2, 0) is 10.0 Å². The molecule has 0 atom stereocenters. The first-order valence-corrected chi connectivity index (χ1v) is 13.5. The van der Waals surface area contributed by atoms with Crippen LogP contribution in [0.2, 0.25) is 0 Å². The number of imidazole rings is 1. The third-order valence-electron chi connectivity index (χ3n) is 5.98. The minimum Gasteiger partial charge on any atom is -0.395 e. The highest BCUT2D eigenvalue weighted by Crippen LogP contribution is 2.30. The summed E-state index contributed by atoms with van der Waals surface area (Å²) in [6.45, 7) is 2.88. The zero-order chi connectivity index (χ0) is 26.6. The number of para-hydroxylation sites is 2. The number of nitrogens with zero attached hydrogens (tertiary/aromatic N) is 6. The standard InChI is InChI=1S/C22H29F2N9O3S/c1-37(35,36)32-11-9-31(10-12-32)8-6-26-19-15(14-25)20(30-22(29-19)27-7-13-34)33-17-5-3-2-4-16(17)28-21(33)18(23)24/h2-5,14,18,25,34H,6-13H2,1H3,(H2,26,27,29,30). The minimum absolute atomic E-state index is 0.0544. The Morgan fingerprint density at radius 3 is 2.49 bits per heavy atom. The second-order valence-electron chi connectivity index (χ2n) is 8.45. The Kier molecular flexibility index (Phi) is 8.26. The van der Waals surface area contributed by atoms with E-state index in [4.69, 9.17) is 5.41 Å². The monoisotopic (exact) mass is 537 g/mol. The number of hydrogen-bond donors (Lipinski definition) is 4. The van der Waals surface area contributed by atoms with Crippen molar-refractivity contribution in [1.29, 1.82) is 5.41 Å². The van der Waals surface area contributed by atoms with Gasteiger partial charge < -0.3 is 21.1 Å². The number of halogens is 2. The highest BCUT2D eigenvalue weighted by molar-refractivity contribution is 7.88. The molecule has 0 radical (unpaired) electrons. The number of hydrogen-bond acceptors (Lipinski definition) is 10. The molecule has 12 nitrogen and oxygen atoms in total. The van der Waals surface area contributed by atoms with Crippen LogP contribution in [0.1, 0.15) is 17.8 Å². The van der Waals surface area contributed by atoms with Gasteiger partial charge in [0.15, 0.2) is 11.6 Å². The number of nitrogens with one attached hydrogen (secondary N) is 3. The molecule has 200 valence electrons. The smallest absolute Gasteiger partial charge is 0.296 e. The van der Waals surface area contributed by atoms with Crippen LogP contribution in [0.4, 0.5) is 20.5 Å². The topological polar surface area (TPSA) is 152 Å². The molecule has 1 saturated heterocycles. The maximum absolute atomic E-state index is 14.0. The Hall–Kier alpha value is -3.27. The Labute approximate surface area is 212 Å². The molecular formula is C22H29F2N9O3S. The second-order valence-corrected chi connectivity index (χ2v) is 10.4. The second kappa shape index (κ2) is 11.4. The van der Waals surface area contributed by atoms with Crippen molar-refractivity contribution >= 4 is 39.0 Å². The van der Waals surface area contributed by atoms with Crippen molar-refractivity contribution in [2.24, 2.45) is 0 Å². The van der Waals surface area contributed by atoms with E-state index in [2.05, 4.69) is 30.5 Å². The van der Waals surface area contributed by atoms with Gasteiger partial charge in [-0.15, -0.1) is 0 Å². The summed E-state index contributed by atoms with van der Waals surface area (Å²) < 4.78 is 54.1. The summed E-state index contributed by atoms with van der Waals surface area (Å²) in [4.78, 5) is 15.0. The maximum Gasteiger partial charge on any atom is 0.296 e. The molecule has 3 aromatic rings. The number of piperazine rings is 1. The number of rotatable bonds is 11. The molecule has 3 heterocycles. The Morgan fingerprint density at radius 1 is 1.11 bits per heavy atom. The van der Waals surface area contributed by atoms with E-state index in [-0.39, 0.29) is 36.3 Å². The van der Waals surface area contributed by atoms with E-state index in [1.807, 2.05) is 0 Å². The fourth-order valence-corrected chi connectivity index (χ4v) is 5.00. The van der Waals surface area contributed by atoms with Gasteiger partial charge in [0.05, 0.1) is 29.5 Å². The Morgan fingerprint density at radius 2 is 1.84 bits per heavy atom.